The van der Waals surface area contributed by atoms with Gasteiger partial charge < -0.3 is 5.11 Å². The lowest BCUT2D eigenvalue weighted by Crippen LogP contribution is -2.19. The van der Waals surface area contributed by atoms with Gasteiger partial charge in [0.15, 0.2) is 12.0 Å². The minimum absolute atomic E-state index is 0.208. The summed E-state index contributed by atoms with van der Waals surface area (Å²) < 4.78 is 15.8. The van der Waals surface area contributed by atoms with E-state index in [-0.39, 0.29) is 5.56 Å². The Morgan fingerprint density at radius 1 is 1.10 bits per heavy atom. The first kappa shape index (κ1) is 13.7. The van der Waals surface area contributed by atoms with Crippen molar-refractivity contribution < 1.29 is 19.1 Å². The molecule has 1 unspecified atom stereocenters. The number of aliphatic carboxylic acids is 1. The van der Waals surface area contributed by atoms with Gasteiger partial charge in [-0.05, 0) is 24.3 Å². The third-order valence-electron chi connectivity index (χ3n) is 3.30. The Morgan fingerprint density at radius 3 is 2.57 bits per heavy atom. The second kappa shape index (κ2) is 5.26. The van der Waals surface area contributed by atoms with Crippen molar-refractivity contribution in [2.75, 3.05) is 0 Å². The molecule has 1 heterocycles. The molecule has 21 heavy (non-hydrogen) atoms. The molecule has 0 aliphatic rings. The average Bonchev–Trinajstić information content (AvgIpc) is 2.83. The predicted octanol–water partition coefficient (Wildman–Crippen LogP) is 4.05. The summed E-state index contributed by atoms with van der Waals surface area (Å²) in [7, 11) is 0. The van der Waals surface area contributed by atoms with Gasteiger partial charge in [-0.1, -0.05) is 18.2 Å². The molecule has 0 aliphatic heterocycles. The number of carboxylic acid groups (broad SMARTS) is 1. The maximum atomic E-state index is 13.6. The van der Waals surface area contributed by atoms with Crippen LogP contribution in [0.4, 0.5) is 4.39 Å². The van der Waals surface area contributed by atoms with Crippen LogP contribution in [0.2, 0.25) is 0 Å². The molecule has 2 aromatic carbocycles. The first-order valence-corrected chi connectivity index (χ1v) is 7.19. The topological polar surface area (TPSA) is 54.4 Å². The summed E-state index contributed by atoms with van der Waals surface area (Å²) in [6.07, 6.45) is -2.81. The molecule has 0 amide bonds. The lowest BCUT2D eigenvalue weighted by Gasteiger charge is -2.05. The van der Waals surface area contributed by atoms with Crippen LogP contribution in [-0.2, 0) is 4.79 Å². The monoisotopic (exact) mass is 302 g/mol. The van der Waals surface area contributed by atoms with Crippen molar-refractivity contribution in [3.8, 4) is 0 Å². The largest absolute Gasteiger partial charge is 0.481 e. The number of fused-ring (bicyclic) bond motifs is 3. The van der Waals surface area contributed by atoms with Gasteiger partial charge >= 0.3 is 5.97 Å². The number of carbonyl (C=O) groups excluding carboxylic acids is 1. The number of hydrogen-bond acceptors (Lipinski definition) is 3. The molecule has 0 aliphatic carbocycles. The van der Waals surface area contributed by atoms with Crippen molar-refractivity contribution in [3.05, 3.63) is 48.0 Å². The first-order chi connectivity index (χ1) is 10.1. The Kier molecular flexibility index (Phi) is 3.43. The highest BCUT2D eigenvalue weighted by molar-refractivity contribution is 7.25. The maximum Gasteiger partial charge on any atom is 0.306 e. The lowest BCUT2D eigenvalue weighted by atomic mass is 10.0. The molecule has 0 saturated carbocycles. The van der Waals surface area contributed by atoms with Gasteiger partial charge in [-0.2, -0.15) is 0 Å². The number of Topliss-reactive ketones (excluding diaryl/α,β-unsaturated/α-hetero) is 1. The van der Waals surface area contributed by atoms with E-state index in [0.717, 1.165) is 20.2 Å². The summed E-state index contributed by atoms with van der Waals surface area (Å²) >= 11 is 1.60. The normalized spacial score (nSPS) is 12.6. The number of rotatable bonds is 4. The summed E-state index contributed by atoms with van der Waals surface area (Å²) in [5, 5.41) is 10.5. The van der Waals surface area contributed by atoms with Crippen LogP contribution in [0.3, 0.4) is 0 Å². The van der Waals surface area contributed by atoms with Crippen molar-refractivity contribution in [2.45, 2.75) is 12.6 Å². The Bertz CT molecular complexity index is 853. The molecular formula is C16H11FO3S. The van der Waals surface area contributed by atoms with E-state index >= 15 is 0 Å². The number of carbonyl (C=O) groups is 2. The van der Waals surface area contributed by atoms with E-state index in [1.165, 1.54) is 0 Å². The van der Waals surface area contributed by atoms with Crippen molar-refractivity contribution in [1.29, 1.82) is 0 Å². The fraction of sp³-hybridized carbons (Fsp3) is 0.125. The van der Waals surface area contributed by atoms with Gasteiger partial charge in [0.1, 0.15) is 0 Å². The number of alkyl halides is 1. The Labute approximate surface area is 123 Å². The molecule has 106 valence electrons. The molecule has 0 saturated heterocycles. The molecular weight excluding hydrogens is 291 g/mol. The fourth-order valence-corrected chi connectivity index (χ4v) is 3.39. The van der Waals surface area contributed by atoms with Crippen LogP contribution in [0.5, 0.6) is 0 Å². The number of hydrogen-bond donors (Lipinski definition) is 1. The highest BCUT2D eigenvalue weighted by Gasteiger charge is 2.22. The van der Waals surface area contributed by atoms with Crippen LogP contribution < -0.4 is 0 Å². The van der Waals surface area contributed by atoms with E-state index < -0.39 is 24.3 Å². The third kappa shape index (κ3) is 2.52. The van der Waals surface area contributed by atoms with Crippen LogP contribution in [0.25, 0.3) is 20.2 Å². The minimum atomic E-state index is -2.01. The highest BCUT2D eigenvalue weighted by Crippen LogP contribution is 2.34. The van der Waals surface area contributed by atoms with Gasteiger partial charge in [0, 0.05) is 25.7 Å². The van der Waals surface area contributed by atoms with E-state index in [1.54, 1.807) is 29.5 Å². The van der Waals surface area contributed by atoms with Crippen LogP contribution in [-0.4, -0.2) is 23.0 Å². The molecule has 0 fully saturated rings. The van der Waals surface area contributed by atoms with Crippen molar-refractivity contribution in [1.82, 2.24) is 0 Å². The molecule has 0 bridgehead atoms. The van der Waals surface area contributed by atoms with E-state index in [4.69, 9.17) is 5.11 Å². The smallest absolute Gasteiger partial charge is 0.306 e. The van der Waals surface area contributed by atoms with E-state index in [9.17, 15) is 14.0 Å². The highest BCUT2D eigenvalue weighted by atomic mass is 32.1. The van der Waals surface area contributed by atoms with Crippen LogP contribution in [0, 0.1) is 0 Å². The number of halogens is 1. The molecule has 1 N–H and O–H groups in total. The van der Waals surface area contributed by atoms with Gasteiger partial charge in [-0.3, -0.25) is 9.59 Å². The van der Waals surface area contributed by atoms with Crippen molar-refractivity contribution in [3.63, 3.8) is 0 Å². The molecule has 3 aromatic rings. The quantitative estimate of drug-likeness (QED) is 0.740. The summed E-state index contributed by atoms with van der Waals surface area (Å²) in [6, 6.07) is 12.8. The van der Waals surface area contributed by atoms with Crippen LogP contribution >= 0.6 is 11.3 Å². The van der Waals surface area contributed by atoms with Gasteiger partial charge in [0.2, 0.25) is 0 Å². The van der Waals surface area contributed by atoms with E-state index in [0.29, 0.717) is 0 Å². The zero-order chi connectivity index (χ0) is 15.0. The molecule has 3 nitrogen and oxygen atoms in total. The van der Waals surface area contributed by atoms with Gasteiger partial charge in [0.25, 0.3) is 0 Å². The van der Waals surface area contributed by atoms with Gasteiger partial charge in [0.05, 0.1) is 6.42 Å². The van der Waals surface area contributed by atoms with E-state index in [2.05, 4.69) is 0 Å². The summed E-state index contributed by atoms with van der Waals surface area (Å²) in [5.41, 5.74) is 0.208. The molecule has 0 radical (unpaired) electrons. The molecule has 3 rings (SSSR count). The third-order valence-corrected chi connectivity index (χ3v) is 4.45. The predicted molar refractivity (Wildman–Crippen MR) is 80.8 cm³/mol. The summed E-state index contributed by atoms with van der Waals surface area (Å²) in [5.74, 6) is -2.10. The molecule has 5 heteroatoms. The molecule has 1 atom stereocenters. The zero-order valence-corrected chi connectivity index (χ0v) is 11.7. The lowest BCUT2D eigenvalue weighted by molar-refractivity contribution is -0.137. The second-order valence-electron chi connectivity index (χ2n) is 4.74. The van der Waals surface area contributed by atoms with Crippen molar-refractivity contribution >= 4 is 43.3 Å². The standard InChI is InChI=1S/C16H11FO3S/c17-12(8-15(18)19)16(20)9-5-6-14-11(7-9)10-3-1-2-4-13(10)21-14/h1-7,12H,8H2,(H,18,19). The Morgan fingerprint density at radius 2 is 1.81 bits per heavy atom. The van der Waals surface area contributed by atoms with Gasteiger partial charge in [-0.15, -0.1) is 11.3 Å². The second-order valence-corrected chi connectivity index (χ2v) is 5.82. The number of benzene rings is 2. The number of ketones is 1. The van der Waals surface area contributed by atoms with E-state index in [1.807, 2.05) is 24.3 Å². The van der Waals surface area contributed by atoms with Crippen LogP contribution in [0.1, 0.15) is 16.8 Å². The first-order valence-electron chi connectivity index (χ1n) is 6.37. The number of carboxylic acids is 1. The van der Waals surface area contributed by atoms with Crippen LogP contribution in [0.15, 0.2) is 42.5 Å². The Balaban J connectivity index is 2.06. The SMILES string of the molecule is O=C(O)CC(F)C(=O)c1ccc2sc3ccccc3c2c1. The van der Waals surface area contributed by atoms with Crippen molar-refractivity contribution in [2.24, 2.45) is 0 Å². The number of thiophene rings is 1. The Hall–Kier alpha value is -2.27. The maximum absolute atomic E-state index is 13.6. The molecule has 0 spiro atoms. The summed E-state index contributed by atoms with van der Waals surface area (Å²) in [6.45, 7) is 0. The average molecular weight is 302 g/mol. The minimum Gasteiger partial charge on any atom is -0.481 e. The van der Waals surface area contributed by atoms with Gasteiger partial charge in [-0.25, -0.2) is 4.39 Å². The zero-order valence-electron chi connectivity index (χ0n) is 10.9. The fourth-order valence-electron chi connectivity index (χ4n) is 2.31. The molecule has 1 aromatic heterocycles. The summed E-state index contributed by atoms with van der Waals surface area (Å²) in [4.78, 5) is 22.4.